The predicted octanol–water partition coefficient (Wildman–Crippen LogP) is 0.371. The Morgan fingerprint density at radius 3 is 2.00 bits per heavy atom. The van der Waals surface area contributed by atoms with Gasteiger partial charge in [0.25, 0.3) is 0 Å². The molecule has 0 N–H and O–H groups in total. The minimum absolute atomic E-state index is 0.228. The Bertz CT molecular complexity index is 316. The molecule has 2 atom stereocenters. The highest BCUT2D eigenvalue weighted by atomic mass is 32.2. The van der Waals surface area contributed by atoms with Crippen LogP contribution < -0.4 is 0 Å². The molecule has 0 radical (unpaired) electrons. The average molecular weight is 205 g/mol. The van der Waals surface area contributed by atoms with Gasteiger partial charge in [0.05, 0.1) is 10.5 Å². The summed E-state index contributed by atoms with van der Waals surface area (Å²) in [5, 5.41) is 9.64. The van der Waals surface area contributed by atoms with Crippen molar-refractivity contribution in [2.75, 3.05) is 0 Å². The van der Waals surface area contributed by atoms with Crippen molar-refractivity contribution in [1.82, 2.24) is 0 Å². The smallest absolute Gasteiger partial charge is 0.215 e. The zero-order valence-corrected chi connectivity index (χ0v) is 7.87. The van der Waals surface area contributed by atoms with Crippen LogP contribution in [0.5, 0.6) is 0 Å². The van der Waals surface area contributed by atoms with Crippen LogP contribution in [0.2, 0.25) is 0 Å². The molecule has 2 bridgehead atoms. The van der Waals surface area contributed by atoms with Gasteiger partial charge in [-0.2, -0.15) is 0 Å². The first-order valence-corrected chi connectivity index (χ1v) is 5.99. The van der Waals surface area contributed by atoms with E-state index in [0.717, 1.165) is 0 Å². The van der Waals surface area contributed by atoms with Crippen LogP contribution in [-0.2, 0) is 9.84 Å². The minimum atomic E-state index is -3.00. The number of nitro groups is 1. The lowest BCUT2D eigenvalue weighted by molar-refractivity contribution is -0.524. The lowest BCUT2D eigenvalue weighted by Crippen LogP contribution is -2.39. The van der Waals surface area contributed by atoms with Gasteiger partial charge < -0.3 is 0 Å². The van der Waals surface area contributed by atoms with Crippen molar-refractivity contribution in [2.45, 2.75) is 42.2 Å². The lowest BCUT2D eigenvalue weighted by atomic mass is 10.1. The van der Waals surface area contributed by atoms with Crippen molar-refractivity contribution >= 4 is 9.84 Å². The highest BCUT2D eigenvalue weighted by Gasteiger charge is 2.50. The highest BCUT2D eigenvalue weighted by molar-refractivity contribution is 7.93. The van der Waals surface area contributed by atoms with Crippen molar-refractivity contribution in [3.63, 3.8) is 0 Å². The van der Waals surface area contributed by atoms with Crippen LogP contribution in [-0.4, -0.2) is 29.9 Å². The molecule has 6 heteroatoms. The van der Waals surface area contributed by atoms with E-state index in [4.69, 9.17) is 0 Å². The van der Waals surface area contributed by atoms with E-state index >= 15 is 0 Å². The van der Waals surface area contributed by atoms with Crippen LogP contribution in [0.1, 0.15) is 25.7 Å². The molecule has 0 aromatic heterocycles. The Morgan fingerprint density at radius 2 is 1.62 bits per heavy atom. The van der Waals surface area contributed by atoms with Gasteiger partial charge in [-0.05, 0) is 12.8 Å². The molecular formula is C7H11NO4S. The Labute approximate surface area is 76.2 Å². The van der Waals surface area contributed by atoms with Gasteiger partial charge in [0, 0.05) is 17.8 Å². The summed E-state index contributed by atoms with van der Waals surface area (Å²) >= 11 is 0. The number of sulfone groups is 1. The van der Waals surface area contributed by atoms with Gasteiger partial charge in [0.1, 0.15) is 0 Å². The Kier molecular flexibility index (Phi) is 1.83. The fourth-order valence-corrected chi connectivity index (χ4v) is 4.81. The van der Waals surface area contributed by atoms with Crippen molar-refractivity contribution in [1.29, 1.82) is 0 Å². The molecule has 0 amide bonds. The summed E-state index contributed by atoms with van der Waals surface area (Å²) in [6.07, 6.45) is 1.70. The fourth-order valence-electron chi connectivity index (χ4n) is 2.35. The SMILES string of the molecule is O=[N+]([O-])C1CC2CCC(C1)S2(=O)=O. The minimum Gasteiger partial charge on any atom is -0.264 e. The first-order valence-electron chi connectivity index (χ1n) is 4.38. The van der Waals surface area contributed by atoms with E-state index in [1.807, 2.05) is 0 Å². The van der Waals surface area contributed by atoms with Crippen molar-refractivity contribution in [2.24, 2.45) is 0 Å². The van der Waals surface area contributed by atoms with Gasteiger partial charge in [0.15, 0.2) is 9.84 Å². The van der Waals surface area contributed by atoms with Gasteiger partial charge in [-0.1, -0.05) is 0 Å². The molecule has 2 rings (SSSR count). The second-order valence-corrected chi connectivity index (χ2v) is 6.33. The molecule has 74 valence electrons. The molecular weight excluding hydrogens is 194 g/mol. The van der Waals surface area contributed by atoms with Crippen LogP contribution in [0.15, 0.2) is 0 Å². The Morgan fingerprint density at radius 1 is 1.15 bits per heavy atom. The first-order chi connectivity index (χ1) is 6.01. The molecule has 2 aliphatic rings. The normalized spacial score (nSPS) is 41.7. The summed E-state index contributed by atoms with van der Waals surface area (Å²) < 4.78 is 23.0. The molecule has 2 unspecified atom stereocenters. The second kappa shape index (κ2) is 2.67. The molecule has 2 heterocycles. The monoisotopic (exact) mass is 205 g/mol. The second-order valence-electron chi connectivity index (χ2n) is 3.82. The van der Waals surface area contributed by atoms with Crippen molar-refractivity contribution in [3.8, 4) is 0 Å². The molecule has 2 aliphatic heterocycles. The lowest BCUT2D eigenvalue weighted by Gasteiger charge is -2.22. The van der Waals surface area contributed by atoms with E-state index in [1.54, 1.807) is 0 Å². The molecule has 0 saturated carbocycles. The van der Waals surface area contributed by atoms with Crippen LogP contribution in [0.25, 0.3) is 0 Å². The number of fused-ring (bicyclic) bond motifs is 2. The van der Waals surface area contributed by atoms with Gasteiger partial charge >= 0.3 is 0 Å². The van der Waals surface area contributed by atoms with Crippen LogP contribution in [0.3, 0.4) is 0 Å². The van der Waals surface area contributed by atoms with Gasteiger partial charge in [-0.15, -0.1) is 0 Å². The number of hydrogen-bond acceptors (Lipinski definition) is 4. The molecule has 0 spiro atoms. The number of hydrogen-bond donors (Lipinski definition) is 0. The predicted molar refractivity (Wildman–Crippen MR) is 45.7 cm³/mol. The maximum atomic E-state index is 11.5. The van der Waals surface area contributed by atoms with E-state index in [-0.39, 0.29) is 17.8 Å². The van der Waals surface area contributed by atoms with E-state index in [2.05, 4.69) is 0 Å². The van der Waals surface area contributed by atoms with E-state index in [9.17, 15) is 18.5 Å². The van der Waals surface area contributed by atoms with E-state index in [0.29, 0.717) is 12.8 Å². The molecule has 2 saturated heterocycles. The number of nitrogens with zero attached hydrogens (tertiary/aromatic N) is 1. The third kappa shape index (κ3) is 1.23. The van der Waals surface area contributed by atoms with Gasteiger partial charge in [-0.3, -0.25) is 10.1 Å². The number of rotatable bonds is 1. The van der Waals surface area contributed by atoms with Crippen LogP contribution in [0, 0.1) is 10.1 Å². The average Bonchev–Trinajstić information content (AvgIpc) is 2.24. The maximum Gasteiger partial charge on any atom is 0.215 e. The molecule has 0 aromatic rings. The van der Waals surface area contributed by atoms with Gasteiger partial charge in [0.2, 0.25) is 6.04 Å². The Balaban J connectivity index is 2.25. The molecule has 5 nitrogen and oxygen atoms in total. The third-order valence-electron chi connectivity index (χ3n) is 3.11. The quantitative estimate of drug-likeness (QED) is 0.457. The third-order valence-corrected chi connectivity index (χ3v) is 5.82. The summed E-state index contributed by atoms with van der Waals surface area (Å²) in [4.78, 5) is 10.2. The van der Waals surface area contributed by atoms with E-state index < -0.39 is 26.4 Å². The standard InChI is InChI=1S/C7H11NO4S/c9-8(10)5-3-6-1-2-7(4-5)13(6,11)12/h5-7H,1-4H2. The summed E-state index contributed by atoms with van der Waals surface area (Å²) in [6.45, 7) is 0. The first kappa shape index (κ1) is 8.93. The Hall–Kier alpha value is -0.650. The molecule has 2 fully saturated rings. The van der Waals surface area contributed by atoms with Crippen molar-refractivity contribution < 1.29 is 13.3 Å². The zero-order chi connectivity index (χ0) is 9.64. The maximum absolute atomic E-state index is 11.5. The largest absolute Gasteiger partial charge is 0.264 e. The summed E-state index contributed by atoms with van der Waals surface area (Å²) in [6, 6.07) is -0.624. The molecule has 13 heavy (non-hydrogen) atoms. The fraction of sp³-hybridized carbons (Fsp3) is 1.00. The summed E-state index contributed by atoms with van der Waals surface area (Å²) in [5.41, 5.74) is 0. The topological polar surface area (TPSA) is 77.3 Å². The molecule has 0 aliphatic carbocycles. The van der Waals surface area contributed by atoms with Crippen LogP contribution in [0.4, 0.5) is 0 Å². The summed E-state index contributed by atoms with van der Waals surface area (Å²) in [5.74, 6) is 0. The summed E-state index contributed by atoms with van der Waals surface area (Å²) in [7, 11) is -3.00. The highest BCUT2D eigenvalue weighted by Crippen LogP contribution is 2.39. The van der Waals surface area contributed by atoms with Gasteiger partial charge in [-0.25, -0.2) is 8.42 Å². The zero-order valence-electron chi connectivity index (χ0n) is 7.05. The van der Waals surface area contributed by atoms with Crippen molar-refractivity contribution in [3.05, 3.63) is 10.1 Å². The van der Waals surface area contributed by atoms with E-state index in [1.165, 1.54) is 0 Å². The molecule has 0 aromatic carbocycles. The van der Waals surface area contributed by atoms with Crippen LogP contribution >= 0.6 is 0 Å².